The first kappa shape index (κ1) is 30.1. The van der Waals surface area contributed by atoms with Gasteiger partial charge in [0.2, 0.25) is 0 Å². The number of carbonyl (C=O) groups is 2. The molecule has 0 spiro atoms. The maximum atomic E-state index is 14.0. The average Bonchev–Trinajstić information content (AvgIpc) is 3.05. The van der Waals surface area contributed by atoms with Crippen molar-refractivity contribution in [1.82, 2.24) is 25.3 Å². The molecule has 6 fully saturated rings. The Morgan fingerprint density at radius 3 is 2.30 bits per heavy atom. The molecule has 0 radical (unpaired) electrons. The van der Waals surface area contributed by atoms with Gasteiger partial charge in [0, 0.05) is 64.0 Å². The monoisotopic (exact) mass is 599 g/mol. The van der Waals surface area contributed by atoms with Gasteiger partial charge < -0.3 is 29.7 Å². The molecule has 7 rings (SSSR count). The number of ether oxygens (including phenoxy) is 3. The van der Waals surface area contributed by atoms with E-state index >= 15 is 0 Å². The van der Waals surface area contributed by atoms with Gasteiger partial charge in [-0.15, -0.1) is 0 Å². The Morgan fingerprint density at radius 2 is 1.56 bits per heavy atom. The van der Waals surface area contributed by atoms with Gasteiger partial charge in [-0.05, 0) is 50.5 Å². The number of hydrogen-bond acceptors (Lipinski definition) is 9. The summed E-state index contributed by atoms with van der Waals surface area (Å²) in [5, 5.41) is 6.97. The fourth-order valence-electron chi connectivity index (χ4n) is 9.35. The van der Waals surface area contributed by atoms with E-state index in [9.17, 15) is 9.59 Å². The molecule has 10 nitrogen and oxygen atoms in total. The van der Waals surface area contributed by atoms with Gasteiger partial charge in [0.05, 0.1) is 56.3 Å². The first-order chi connectivity index (χ1) is 21.2. The molecule has 10 heteroatoms. The van der Waals surface area contributed by atoms with Crippen molar-refractivity contribution in [1.29, 1.82) is 0 Å². The van der Waals surface area contributed by atoms with E-state index in [1.165, 1.54) is 25.7 Å². The van der Waals surface area contributed by atoms with Crippen molar-refractivity contribution in [3.05, 3.63) is 11.8 Å². The summed E-state index contributed by atoms with van der Waals surface area (Å²) >= 11 is 0. The number of nitrogens with zero attached hydrogens (tertiary/aromatic N) is 3. The second-order valence-corrected chi connectivity index (χ2v) is 14.1. The largest absolute Gasteiger partial charge is 0.379 e. The third kappa shape index (κ3) is 6.56. The highest BCUT2D eigenvalue weighted by molar-refractivity contribution is 6.20. The summed E-state index contributed by atoms with van der Waals surface area (Å²) in [5.41, 5.74) is 0.372. The van der Waals surface area contributed by atoms with E-state index in [1.54, 1.807) is 0 Å². The Hall–Kier alpha value is -1.56. The molecule has 43 heavy (non-hydrogen) atoms. The lowest BCUT2D eigenvalue weighted by molar-refractivity contribution is -0.200. The third-order valence-electron chi connectivity index (χ3n) is 11.7. The number of amides is 1. The summed E-state index contributed by atoms with van der Waals surface area (Å²) in [6, 6.07) is 0.500. The summed E-state index contributed by atoms with van der Waals surface area (Å²) in [5.74, 6) is 1.15. The van der Waals surface area contributed by atoms with Crippen LogP contribution in [-0.4, -0.2) is 136 Å². The van der Waals surface area contributed by atoms with Crippen LogP contribution in [0.2, 0.25) is 0 Å². The number of fused-ring (bicyclic) bond motifs is 3. The van der Waals surface area contributed by atoms with Crippen LogP contribution < -0.4 is 10.6 Å². The number of ketones is 1. The molecule has 7 aliphatic rings. The molecular formula is C33H53N5O5. The SMILES string of the molecule is O=C(NCCCN1CCOCC1)C1=CN2C3CC4CCCCC4CC3OC3C(NCCN4CCOCC4)CCC(C1=O)C32. The predicted molar refractivity (Wildman–Crippen MR) is 163 cm³/mol. The normalized spacial score (nSPS) is 38.5. The number of rotatable bonds is 9. The Balaban J connectivity index is 1.05. The minimum Gasteiger partial charge on any atom is -0.379 e. The van der Waals surface area contributed by atoms with E-state index in [0.717, 1.165) is 116 Å². The van der Waals surface area contributed by atoms with E-state index in [-0.39, 0.29) is 47.9 Å². The van der Waals surface area contributed by atoms with Crippen LogP contribution in [0.1, 0.15) is 57.8 Å². The van der Waals surface area contributed by atoms with Crippen LogP contribution in [-0.2, 0) is 23.8 Å². The van der Waals surface area contributed by atoms with Gasteiger partial charge in [-0.1, -0.05) is 25.7 Å². The standard InChI is InChI=1S/C33H53N5O5/c39-31-25-6-7-27(34-9-11-37-14-18-42-19-15-37)32-30(25)38(28-20-23-4-1-2-5-24(23)21-29(28)43-32)22-26(31)33(40)35-8-3-10-36-12-16-41-17-13-36/h22-25,27-30,32,34H,1-21H2,(H,35,40). The van der Waals surface area contributed by atoms with E-state index in [4.69, 9.17) is 14.2 Å². The predicted octanol–water partition coefficient (Wildman–Crippen LogP) is 1.40. The maximum Gasteiger partial charge on any atom is 0.256 e. The molecule has 0 bridgehead atoms. The van der Waals surface area contributed by atoms with Crippen LogP contribution in [0.5, 0.6) is 0 Å². The molecule has 240 valence electrons. The molecule has 8 atom stereocenters. The summed E-state index contributed by atoms with van der Waals surface area (Å²) < 4.78 is 18.1. The highest BCUT2D eigenvalue weighted by Gasteiger charge is 2.57. The molecule has 3 saturated heterocycles. The number of Topliss-reactive ketones (excluding diaryl/α,β-unsaturated/α-hetero) is 1. The highest BCUT2D eigenvalue weighted by Crippen LogP contribution is 2.49. The molecule has 0 aromatic carbocycles. The van der Waals surface area contributed by atoms with Gasteiger partial charge in [0.25, 0.3) is 5.91 Å². The lowest BCUT2D eigenvalue weighted by atomic mass is 9.65. The summed E-state index contributed by atoms with van der Waals surface area (Å²) in [4.78, 5) is 34.8. The summed E-state index contributed by atoms with van der Waals surface area (Å²) in [6.45, 7) is 10.5. The molecule has 3 aliphatic carbocycles. The fourth-order valence-corrected chi connectivity index (χ4v) is 9.35. The molecular weight excluding hydrogens is 546 g/mol. The molecule has 1 amide bonds. The average molecular weight is 600 g/mol. The smallest absolute Gasteiger partial charge is 0.256 e. The van der Waals surface area contributed by atoms with E-state index in [0.29, 0.717) is 12.1 Å². The third-order valence-corrected chi connectivity index (χ3v) is 11.7. The summed E-state index contributed by atoms with van der Waals surface area (Å²) in [7, 11) is 0. The number of nitrogens with one attached hydrogen (secondary N) is 2. The highest BCUT2D eigenvalue weighted by atomic mass is 16.5. The van der Waals surface area contributed by atoms with Crippen molar-refractivity contribution in [2.24, 2.45) is 17.8 Å². The van der Waals surface area contributed by atoms with E-state index < -0.39 is 0 Å². The van der Waals surface area contributed by atoms with Gasteiger partial charge in [0.1, 0.15) is 0 Å². The van der Waals surface area contributed by atoms with Gasteiger partial charge in [0.15, 0.2) is 5.78 Å². The first-order valence-electron chi connectivity index (χ1n) is 17.5. The Morgan fingerprint density at radius 1 is 0.860 bits per heavy atom. The molecule has 8 unspecified atom stereocenters. The summed E-state index contributed by atoms with van der Waals surface area (Å²) in [6.07, 6.45) is 12.3. The number of carbonyl (C=O) groups excluding carboxylic acids is 2. The Kier molecular flexibility index (Phi) is 9.69. The van der Waals surface area contributed by atoms with Gasteiger partial charge >= 0.3 is 0 Å². The van der Waals surface area contributed by atoms with Crippen LogP contribution in [0, 0.1) is 17.8 Å². The Bertz CT molecular complexity index is 1010. The fraction of sp³-hybridized carbons (Fsp3) is 0.879. The lowest BCUT2D eigenvalue weighted by Crippen LogP contribution is -2.71. The zero-order chi connectivity index (χ0) is 29.2. The van der Waals surface area contributed by atoms with Gasteiger partial charge in [-0.25, -0.2) is 0 Å². The van der Waals surface area contributed by atoms with Crippen LogP contribution >= 0.6 is 0 Å². The van der Waals surface area contributed by atoms with Crippen LogP contribution in [0.4, 0.5) is 0 Å². The molecule has 0 aromatic heterocycles. The molecule has 4 aliphatic heterocycles. The second kappa shape index (κ2) is 13.8. The van der Waals surface area contributed by atoms with Gasteiger partial charge in [-0.2, -0.15) is 0 Å². The van der Waals surface area contributed by atoms with Gasteiger partial charge in [-0.3, -0.25) is 19.4 Å². The zero-order valence-corrected chi connectivity index (χ0v) is 25.9. The van der Waals surface area contributed by atoms with Crippen molar-refractivity contribution in [3.8, 4) is 0 Å². The zero-order valence-electron chi connectivity index (χ0n) is 25.9. The Labute approximate surface area is 257 Å². The van der Waals surface area contributed by atoms with Crippen molar-refractivity contribution in [2.75, 3.05) is 78.8 Å². The van der Waals surface area contributed by atoms with E-state index in [1.807, 2.05) is 6.20 Å². The van der Waals surface area contributed by atoms with Crippen LogP contribution in [0.3, 0.4) is 0 Å². The topological polar surface area (TPSA) is 95.6 Å². The minimum absolute atomic E-state index is 0.0152. The molecule has 3 saturated carbocycles. The lowest BCUT2D eigenvalue weighted by Gasteiger charge is -2.60. The first-order valence-corrected chi connectivity index (χ1v) is 17.5. The molecule has 4 heterocycles. The van der Waals surface area contributed by atoms with Crippen molar-refractivity contribution >= 4 is 11.7 Å². The number of hydrogen-bond donors (Lipinski definition) is 2. The minimum atomic E-state index is -0.192. The van der Waals surface area contributed by atoms with Crippen molar-refractivity contribution < 1.29 is 23.8 Å². The number of morpholine rings is 3. The maximum absolute atomic E-state index is 14.0. The molecule has 0 aromatic rings. The second-order valence-electron chi connectivity index (χ2n) is 14.1. The van der Waals surface area contributed by atoms with E-state index in [2.05, 4.69) is 25.3 Å². The van der Waals surface area contributed by atoms with Crippen molar-refractivity contribution in [2.45, 2.75) is 88.1 Å². The van der Waals surface area contributed by atoms with Crippen LogP contribution in [0.15, 0.2) is 11.8 Å². The molecule has 2 N–H and O–H groups in total. The quantitative estimate of drug-likeness (QED) is 0.301. The van der Waals surface area contributed by atoms with Crippen molar-refractivity contribution in [3.63, 3.8) is 0 Å². The van der Waals surface area contributed by atoms with Crippen LogP contribution in [0.25, 0.3) is 0 Å².